The van der Waals surface area contributed by atoms with Gasteiger partial charge in [0.15, 0.2) is 10.8 Å². The highest BCUT2D eigenvalue weighted by Gasteiger charge is 2.54. The Morgan fingerprint density at radius 3 is 2.58 bits per heavy atom. The van der Waals surface area contributed by atoms with Crippen LogP contribution in [-0.4, -0.2) is 76.4 Å². The van der Waals surface area contributed by atoms with E-state index in [4.69, 9.17) is 0 Å². The smallest absolute Gasteiger partial charge is 0.270 e. The van der Waals surface area contributed by atoms with Gasteiger partial charge in [0, 0.05) is 18.1 Å². The molecule has 0 saturated carbocycles. The number of fused-ring (bicyclic) bond motifs is 2. The van der Waals surface area contributed by atoms with E-state index in [2.05, 4.69) is 15.3 Å². The molecule has 0 spiro atoms. The zero-order valence-electron chi connectivity index (χ0n) is 21.1. The van der Waals surface area contributed by atoms with Crippen molar-refractivity contribution in [3.63, 3.8) is 0 Å². The molecule has 11 heteroatoms. The molecule has 2 aliphatic heterocycles. The molecule has 3 aromatic rings. The number of pyridine rings is 2. The van der Waals surface area contributed by atoms with Gasteiger partial charge < -0.3 is 10.2 Å². The van der Waals surface area contributed by atoms with Crippen molar-refractivity contribution in [3.05, 3.63) is 66.5 Å². The fraction of sp³-hybridized carbons (Fsp3) is 0.370. The van der Waals surface area contributed by atoms with Gasteiger partial charge in [0.25, 0.3) is 15.9 Å². The summed E-state index contributed by atoms with van der Waals surface area (Å²) in [5, 5.41) is 3.58. The molecule has 38 heavy (non-hydrogen) atoms. The number of hydrogen-bond acceptors (Lipinski definition) is 7. The fourth-order valence-corrected chi connectivity index (χ4v) is 6.84. The van der Waals surface area contributed by atoms with Gasteiger partial charge in [-0.3, -0.25) is 14.4 Å². The first kappa shape index (κ1) is 25.9. The van der Waals surface area contributed by atoms with E-state index < -0.39 is 40.0 Å². The summed E-state index contributed by atoms with van der Waals surface area (Å²) in [6, 6.07) is 13.0. The van der Waals surface area contributed by atoms with Crippen LogP contribution in [0.25, 0.3) is 10.9 Å². The largest absolute Gasteiger partial charge is 0.339 e. The van der Waals surface area contributed by atoms with Gasteiger partial charge in [-0.15, -0.1) is 0 Å². The SMILES string of the molecule is CC(C)CC(NC(=O)c1ccc2ccccc2n1)C(=O)N1CCC2C1C(=O)CN2S(=O)(=O)c1ccccn1. The number of carbonyl (C=O) groups excluding carboxylic acids is 3. The van der Waals surface area contributed by atoms with Crippen molar-refractivity contribution in [1.82, 2.24) is 24.5 Å². The number of sulfonamides is 1. The van der Waals surface area contributed by atoms with Crippen molar-refractivity contribution in [2.45, 2.75) is 49.8 Å². The van der Waals surface area contributed by atoms with E-state index in [1.165, 1.54) is 17.2 Å². The molecule has 0 bridgehead atoms. The van der Waals surface area contributed by atoms with Crippen molar-refractivity contribution >= 4 is 38.5 Å². The molecule has 2 aliphatic rings. The van der Waals surface area contributed by atoms with Gasteiger partial charge in [-0.05, 0) is 43.0 Å². The van der Waals surface area contributed by atoms with Crippen molar-refractivity contribution < 1.29 is 22.8 Å². The second-order valence-electron chi connectivity index (χ2n) is 10.1. The molecule has 3 atom stereocenters. The van der Waals surface area contributed by atoms with Gasteiger partial charge in [-0.25, -0.2) is 18.4 Å². The van der Waals surface area contributed by atoms with E-state index in [-0.39, 0.29) is 35.5 Å². The summed E-state index contributed by atoms with van der Waals surface area (Å²) in [6.45, 7) is 3.78. The molecule has 0 radical (unpaired) electrons. The molecule has 5 rings (SSSR count). The second kappa shape index (κ2) is 10.2. The Bertz CT molecular complexity index is 1490. The van der Waals surface area contributed by atoms with Crippen LogP contribution in [0.3, 0.4) is 0 Å². The number of rotatable bonds is 7. The Morgan fingerprint density at radius 1 is 1.08 bits per heavy atom. The van der Waals surface area contributed by atoms with Gasteiger partial charge in [0.05, 0.1) is 18.1 Å². The molecule has 2 saturated heterocycles. The van der Waals surface area contributed by atoms with Gasteiger partial charge in [0.2, 0.25) is 5.91 Å². The summed E-state index contributed by atoms with van der Waals surface area (Å²) in [7, 11) is -4.00. The van der Waals surface area contributed by atoms with E-state index in [1.807, 2.05) is 38.1 Å². The minimum absolute atomic E-state index is 0.0764. The van der Waals surface area contributed by atoms with Crippen LogP contribution in [0.1, 0.15) is 37.2 Å². The Morgan fingerprint density at radius 2 is 1.84 bits per heavy atom. The maximum absolute atomic E-state index is 13.7. The molecule has 2 fully saturated rings. The van der Waals surface area contributed by atoms with E-state index >= 15 is 0 Å². The Labute approximate surface area is 221 Å². The zero-order chi connectivity index (χ0) is 27.0. The Hall–Kier alpha value is -3.70. The van der Waals surface area contributed by atoms with Crippen LogP contribution in [0.5, 0.6) is 0 Å². The number of nitrogens with one attached hydrogen (secondary N) is 1. The van der Waals surface area contributed by atoms with Crippen molar-refractivity contribution in [1.29, 1.82) is 0 Å². The number of benzene rings is 1. The lowest BCUT2D eigenvalue weighted by molar-refractivity contribution is -0.138. The average molecular weight is 536 g/mol. The van der Waals surface area contributed by atoms with Crippen molar-refractivity contribution in [2.75, 3.05) is 13.1 Å². The number of nitrogens with zero attached hydrogens (tertiary/aromatic N) is 4. The van der Waals surface area contributed by atoms with E-state index in [0.29, 0.717) is 18.4 Å². The topological polar surface area (TPSA) is 130 Å². The lowest BCUT2D eigenvalue weighted by Gasteiger charge is -2.29. The second-order valence-corrected chi connectivity index (χ2v) is 11.9. The van der Waals surface area contributed by atoms with Crippen LogP contribution in [0, 0.1) is 5.92 Å². The van der Waals surface area contributed by atoms with Crippen LogP contribution >= 0.6 is 0 Å². The first-order valence-electron chi connectivity index (χ1n) is 12.6. The van der Waals surface area contributed by atoms with Crippen molar-refractivity contribution in [3.8, 4) is 0 Å². The van der Waals surface area contributed by atoms with Crippen LogP contribution in [0.2, 0.25) is 0 Å². The highest BCUT2D eigenvalue weighted by Crippen LogP contribution is 2.34. The number of ketones is 1. The molecular weight excluding hydrogens is 506 g/mol. The molecule has 2 amide bonds. The highest BCUT2D eigenvalue weighted by molar-refractivity contribution is 7.89. The van der Waals surface area contributed by atoms with Crippen molar-refractivity contribution in [2.24, 2.45) is 5.92 Å². The maximum atomic E-state index is 13.7. The first-order valence-corrected chi connectivity index (χ1v) is 14.0. The highest BCUT2D eigenvalue weighted by atomic mass is 32.2. The summed E-state index contributed by atoms with van der Waals surface area (Å²) in [4.78, 5) is 49.7. The summed E-state index contributed by atoms with van der Waals surface area (Å²) in [6.07, 6.45) is 2.06. The predicted molar refractivity (Wildman–Crippen MR) is 139 cm³/mol. The van der Waals surface area contributed by atoms with Gasteiger partial charge >= 0.3 is 0 Å². The number of para-hydroxylation sites is 1. The third kappa shape index (κ3) is 4.79. The van der Waals surface area contributed by atoms with Crippen LogP contribution in [0.15, 0.2) is 65.8 Å². The van der Waals surface area contributed by atoms with E-state index in [1.54, 1.807) is 24.3 Å². The van der Waals surface area contributed by atoms with E-state index in [9.17, 15) is 22.8 Å². The number of amides is 2. The molecule has 10 nitrogen and oxygen atoms in total. The van der Waals surface area contributed by atoms with E-state index in [0.717, 1.165) is 9.69 Å². The normalized spacial score (nSPS) is 20.6. The van der Waals surface area contributed by atoms with Crippen LogP contribution in [-0.2, 0) is 19.6 Å². The quantitative estimate of drug-likeness (QED) is 0.490. The molecule has 2 aromatic heterocycles. The molecule has 1 N–H and O–H groups in total. The predicted octanol–water partition coefficient (Wildman–Crippen LogP) is 2.02. The number of hydrogen-bond donors (Lipinski definition) is 1. The van der Waals surface area contributed by atoms with Gasteiger partial charge in [0.1, 0.15) is 17.8 Å². The molecule has 0 aliphatic carbocycles. The monoisotopic (exact) mass is 535 g/mol. The summed E-state index contributed by atoms with van der Waals surface area (Å²) in [5.74, 6) is -1.15. The third-order valence-electron chi connectivity index (χ3n) is 7.01. The first-order chi connectivity index (χ1) is 18.2. The third-order valence-corrected chi connectivity index (χ3v) is 8.80. The summed E-state index contributed by atoms with van der Waals surface area (Å²) < 4.78 is 27.6. The standard InChI is InChI=1S/C27H29N5O5S/c1-17(2)15-21(30-26(34)20-11-10-18-7-3-4-8-19(18)29-20)27(35)31-14-12-22-25(31)23(33)16-32(22)38(36,37)24-9-5-6-13-28-24/h3-11,13,17,21-22,25H,12,14-16H2,1-2H3,(H,30,34). The molecule has 3 unspecified atom stereocenters. The number of Topliss-reactive ketones (excluding diaryl/α,β-unsaturated/α-hetero) is 1. The average Bonchev–Trinajstić information content (AvgIpc) is 3.49. The summed E-state index contributed by atoms with van der Waals surface area (Å²) in [5.41, 5.74) is 0.856. The van der Waals surface area contributed by atoms with Gasteiger partial charge in [-0.1, -0.05) is 44.2 Å². The fourth-order valence-electron chi connectivity index (χ4n) is 5.28. The molecule has 4 heterocycles. The summed E-state index contributed by atoms with van der Waals surface area (Å²) >= 11 is 0. The number of carbonyl (C=O) groups is 3. The Balaban J connectivity index is 1.36. The lowest BCUT2D eigenvalue weighted by atomic mass is 10.0. The molecule has 1 aromatic carbocycles. The zero-order valence-corrected chi connectivity index (χ0v) is 22.0. The molecular formula is C27H29N5O5S. The Kier molecular flexibility index (Phi) is 6.97. The maximum Gasteiger partial charge on any atom is 0.270 e. The lowest BCUT2D eigenvalue weighted by Crippen LogP contribution is -2.53. The number of likely N-dealkylation sites (tertiary alicyclic amines) is 1. The minimum atomic E-state index is -4.00. The molecule has 198 valence electrons. The minimum Gasteiger partial charge on any atom is -0.339 e. The van der Waals surface area contributed by atoms with Gasteiger partial charge in [-0.2, -0.15) is 4.31 Å². The van der Waals surface area contributed by atoms with Crippen LogP contribution < -0.4 is 5.32 Å². The van der Waals surface area contributed by atoms with Crippen LogP contribution in [0.4, 0.5) is 0 Å². The number of aromatic nitrogens is 2.